The van der Waals surface area contributed by atoms with Gasteiger partial charge in [-0.25, -0.2) is 13.8 Å². The summed E-state index contributed by atoms with van der Waals surface area (Å²) in [5.41, 5.74) is 4.11. The highest BCUT2D eigenvalue weighted by molar-refractivity contribution is 7.92. The van der Waals surface area contributed by atoms with Gasteiger partial charge in [0.1, 0.15) is 12.3 Å². The molecule has 10 nitrogen and oxygen atoms in total. The van der Waals surface area contributed by atoms with Crippen molar-refractivity contribution in [3.05, 3.63) is 92.5 Å². The van der Waals surface area contributed by atoms with Crippen molar-refractivity contribution in [2.24, 2.45) is 5.10 Å². The number of nitrogens with one attached hydrogen (secondary N) is 1. The van der Waals surface area contributed by atoms with Crippen LogP contribution in [0.5, 0.6) is 5.75 Å². The molecule has 0 atom stereocenters. The Morgan fingerprint density at radius 3 is 2.45 bits per heavy atom. The molecule has 12 heteroatoms. The van der Waals surface area contributed by atoms with Crippen LogP contribution in [0.2, 0.25) is 5.02 Å². The van der Waals surface area contributed by atoms with Gasteiger partial charge in [-0.15, -0.1) is 0 Å². The molecule has 1 N–H and O–H groups in total. The molecule has 0 aliphatic carbocycles. The average molecular weight is 559 g/mol. The summed E-state index contributed by atoms with van der Waals surface area (Å²) >= 11 is 6.13. The Hall–Kier alpha value is -3.96. The Morgan fingerprint density at radius 2 is 1.84 bits per heavy atom. The third kappa shape index (κ3) is 6.67. The maximum atomic E-state index is 13.7. The van der Waals surface area contributed by atoms with E-state index < -0.39 is 27.4 Å². The van der Waals surface area contributed by atoms with Crippen LogP contribution >= 0.6 is 11.6 Å². The minimum Gasteiger partial charge on any atom is -0.495 e. The number of hydrogen-bond acceptors (Lipinski definition) is 7. The quantitative estimate of drug-likeness (QED) is 0.211. The summed E-state index contributed by atoms with van der Waals surface area (Å²) < 4.78 is 33.5. The third-order valence-electron chi connectivity index (χ3n) is 5.67. The van der Waals surface area contributed by atoms with Crippen molar-refractivity contribution < 1.29 is 22.9 Å². The van der Waals surface area contributed by atoms with Crippen molar-refractivity contribution in [3.63, 3.8) is 0 Å². The number of anilines is 1. The molecule has 0 aliphatic rings. The second-order valence-electron chi connectivity index (χ2n) is 8.65. The van der Waals surface area contributed by atoms with Crippen molar-refractivity contribution in [3.8, 4) is 5.75 Å². The molecule has 1 amide bonds. The van der Waals surface area contributed by atoms with E-state index in [0.29, 0.717) is 5.92 Å². The van der Waals surface area contributed by atoms with Gasteiger partial charge in [0, 0.05) is 16.7 Å². The first kappa shape index (κ1) is 28.6. The highest BCUT2D eigenvalue weighted by Gasteiger charge is 2.31. The van der Waals surface area contributed by atoms with E-state index >= 15 is 0 Å². The lowest BCUT2D eigenvalue weighted by atomic mass is 10.0. The summed E-state index contributed by atoms with van der Waals surface area (Å²) in [6.07, 6.45) is 1.43. The smallest absolute Gasteiger partial charge is 0.273 e. The number of rotatable bonds is 10. The number of halogens is 1. The first-order valence-electron chi connectivity index (χ1n) is 11.5. The van der Waals surface area contributed by atoms with Gasteiger partial charge >= 0.3 is 0 Å². The Labute approximate surface area is 226 Å². The van der Waals surface area contributed by atoms with Crippen LogP contribution in [0.3, 0.4) is 0 Å². The van der Waals surface area contributed by atoms with E-state index in [1.807, 2.05) is 24.3 Å². The Bertz CT molecular complexity index is 1470. The lowest BCUT2D eigenvalue weighted by molar-refractivity contribution is -0.385. The molecule has 0 saturated heterocycles. The molecular weight excluding hydrogens is 532 g/mol. The summed E-state index contributed by atoms with van der Waals surface area (Å²) in [4.78, 5) is 23.2. The number of nitro benzene ring substituents is 1. The molecule has 0 bridgehead atoms. The molecule has 0 radical (unpaired) electrons. The predicted molar refractivity (Wildman–Crippen MR) is 147 cm³/mol. The lowest BCUT2D eigenvalue weighted by Crippen LogP contribution is -2.39. The number of nitro groups is 1. The fourth-order valence-corrected chi connectivity index (χ4v) is 5.15. The van der Waals surface area contributed by atoms with Crippen LogP contribution in [-0.4, -0.2) is 39.1 Å². The van der Waals surface area contributed by atoms with Crippen LogP contribution in [0.15, 0.2) is 70.7 Å². The van der Waals surface area contributed by atoms with Gasteiger partial charge in [-0.2, -0.15) is 5.10 Å². The lowest BCUT2D eigenvalue weighted by Gasteiger charge is -2.25. The van der Waals surface area contributed by atoms with Gasteiger partial charge in [0.15, 0.2) is 0 Å². The van der Waals surface area contributed by atoms with Crippen LogP contribution in [0.4, 0.5) is 11.4 Å². The maximum absolute atomic E-state index is 13.7. The Morgan fingerprint density at radius 1 is 1.16 bits per heavy atom. The standard InChI is InChI=1S/C26H27ClN4O6S/c1-17(2)20-8-6-19(7-9-20)15-28-29-26(32)16-30(24-13-21(27)10-12-25(24)37-4)38(35,36)22-11-5-18(3)23(14-22)31(33)34/h5-15,17H,16H2,1-4H3,(H,29,32)/b28-15-. The number of sulfonamides is 1. The number of benzene rings is 3. The van der Waals surface area contributed by atoms with Gasteiger partial charge in [0.05, 0.1) is 28.8 Å². The van der Waals surface area contributed by atoms with Crippen molar-refractivity contribution >= 4 is 45.1 Å². The topological polar surface area (TPSA) is 131 Å². The number of carbonyl (C=O) groups is 1. The van der Waals surface area contributed by atoms with Crippen LogP contribution in [0.25, 0.3) is 0 Å². The number of hydrazone groups is 1. The highest BCUT2D eigenvalue weighted by Crippen LogP contribution is 2.35. The van der Waals surface area contributed by atoms with Crippen LogP contribution in [0.1, 0.15) is 36.5 Å². The van der Waals surface area contributed by atoms with Gasteiger partial charge in [-0.3, -0.25) is 19.2 Å². The van der Waals surface area contributed by atoms with Gasteiger partial charge in [0.25, 0.3) is 21.6 Å². The van der Waals surface area contributed by atoms with E-state index in [1.54, 1.807) is 0 Å². The average Bonchev–Trinajstić information content (AvgIpc) is 2.87. The number of amides is 1. The zero-order valence-electron chi connectivity index (χ0n) is 21.2. The van der Waals surface area contributed by atoms with Crippen LogP contribution < -0.4 is 14.5 Å². The number of hydrogen-bond donors (Lipinski definition) is 1. The number of methoxy groups -OCH3 is 1. The van der Waals surface area contributed by atoms with E-state index in [9.17, 15) is 23.3 Å². The number of aryl methyl sites for hydroxylation is 1. The molecule has 3 aromatic rings. The zero-order chi connectivity index (χ0) is 28.0. The molecule has 3 rings (SSSR count). The molecule has 0 spiro atoms. The fraction of sp³-hybridized carbons (Fsp3) is 0.231. The number of nitrogens with zero attached hydrogens (tertiary/aromatic N) is 3. The Kier molecular flexibility index (Phi) is 9.08. The normalized spacial score (nSPS) is 11.5. The first-order valence-corrected chi connectivity index (χ1v) is 13.3. The van der Waals surface area contributed by atoms with E-state index in [4.69, 9.17) is 16.3 Å². The first-order chi connectivity index (χ1) is 17.9. The zero-order valence-corrected chi connectivity index (χ0v) is 22.8. The molecule has 3 aromatic carbocycles. The summed E-state index contributed by atoms with van der Waals surface area (Å²) in [6, 6.07) is 15.4. The molecule has 0 saturated carbocycles. The van der Waals surface area contributed by atoms with E-state index in [1.165, 1.54) is 50.6 Å². The van der Waals surface area contributed by atoms with E-state index in [0.717, 1.165) is 21.5 Å². The van der Waals surface area contributed by atoms with Crippen molar-refractivity contribution in [2.45, 2.75) is 31.6 Å². The predicted octanol–water partition coefficient (Wildman–Crippen LogP) is 5.03. The summed E-state index contributed by atoms with van der Waals surface area (Å²) in [5.74, 6) is -0.263. The maximum Gasteiger partial charge on any atom is 0.273 e. The second-order valence-corrected chi connectivity index (χ2v) is 10.9. The van der Waals surface area contributed by atoms with Crippen molar-refractivity contribution in [1.29, 1.82) is 0 Å². The molecule has 0 aliphatic heterocycles. The van der Waals surface area contributed by atoms with Gasteiger partial charge in [-0.1, -0.05) is 55.8 Å². The molecule has 0 aromatic heterocycles. The van der Waals surface area contributed by atoms with Crippen molar-refractivity contribution in [1.82, 2.24) is 5.43 Å². The largest absolute Gasteiger partial charge is 0.495 e. The molecule has 38 heavy (non-hydrogen) atoms. The summed E-state index contributed by atoms with van der Waals surface area (Å²) in [7, 11) is -3.15. The monoisotopic (exact) mass is 558 g/mol. The Balaban J connectivity index is 1.95. The second kappa shape index (κ2) is 12.1. The molecular formula is C26H27ClN4O6S. The van der Waals surface area contributed by atoms with E-state index in [-0.39, 0.29) is 32.6 Å². The SMILES string of the molecule is COc1ccc(Cl)cc1N(CC(=O)N/N=C\c1ccc(C(C)C)cc1)S(=O)(=O)c1ccc(C)c([N+](=O)[O-])c1. The van der Waals surface area contributed by atoms with Crippen LogP contribution in [0, 0.1) is 17.0 Å². The summed E-state index contributed by atoms with van der Waals surface area (Å²) in [5, 5.41) is 15.6. The van der Waals surface area contributed by atoms with Gasteiger partial charge in [-0.05, 0) is 48.2 Å². The third-order valence-corrected chi connectivity index (χ3v) is 7.66. The highest BCUT2D eigenvalue weighted by atomic mass is 35.5. The minimum absolute atomic E-state index is 0.0216. The number of ether oxygens (including phenoxy) is 1. The fourth-order valence-electron chi connectivity index (χ4n) is 3.54. The van der Waals surface area contributed by atoms with Crippen molar-refractivity contribution in [2.75, 3.05) is 18.0 Å². The van der Waals surface area contributed by atoms with Crippen LogP contribution in [-0.2, 0) is 14.8 Å². The molecule has 0 fully saturated rings. The summed E-state index contributed by atoms with van der Waals surface area (Å²) in [6.45, 7) is 4.94. The molecule has 0 heterocycles. The minimum atomic E-state index is -4.48. The molecule has 200 valence electrons. The van der Waals surface area contributed by atoms with Gasteiger partial charge in [0.2, 0.25) is 0 Å². The molecule has 0 unspecified atom stereocenters. The number of carbonyl (C=O) groups excluding carboxylic acids is 1. The van der Waals surface area contributed by atoms with E-state index in [2.05, 4.69) is 24.4 Å². The van der Waals surface area contributed by atoms with Gasteiger partial charge < -0.3 is 4.74 Å².